The normalized spacial score (nSPS) is 15.5. The zero-order valence-electron chi connectivity index (χ0n) is 8.99. The summed E-state index contributed by atoms with van der Waals surface area (Å²) in [5, 5.41) is 12.0. The highest BCUT2D eigenvalue weighted by molar-refractivity contribution is 5.21. The number of nitrogens with one attached hydrogen (secondary N) is 1. The third kappa shape index (κ3) is 3.10. The van der Waals surface area contributed by atoms with Gasteiger partial charge >= 0.3 is 0 Å². The lowest BCUT2D eigenvalue weighted by Crippen LogP contribution is -2.41. The fourth-order valence-electron chi connectivity index (χ4n) is 1.21. The maximum Gasteiger partial charge on any atom is 0.101 e. The van der Waals surface area contributed by atoms with Gasteiger partial charge in [-0.3, -0.25) is 10.4 Å². The van der Waals surface area contributed by atoms with Crippen LogP contribution in [0, 0.1) is 0 Å². The molecule has 0 aliphatic rings. The van der Waals surface area contributed by atoms with E-state index in [9.17, 15) is 5.11 Å². The molecule has 0 fully saturated rings. The Morgan fingerprint density at radius 1 is 1.29 bits per heavy atom. The molecule has 0 aromatic heterocycles. The second-order valence-corrected chi connectivity index (χ2v) is 3.87. The lowest BCUT2D eigenvalue weighted by molar-refractivity contribution is 0.0386. The topological polar surface area (TPSA) is 35.5 Å². The van der Waals surface area contributed by atoms with Gasteiger partial charge in [-0.25, -0.2) is 0 Å². The van der Waals surface area contributed by atoms with Crippen molar-refractivity contribution in [3.05, 3.63) is 35.9 Å². The first-order chi connectivity index (χ1) is 6.52. The maximum atomic E-state index is 10.1. The van der Waals surface area contributed by atoms with Crippen molar-refractivity contribution >= 4 is 0 Å². The van der Waals surface area contributed by atoms with Crippen LogP contribution in [0.1, 0.15) is 12.5 Å². The lowest BCUT2D eigenvalue weighted by atomic mass is 9.96. The zero-order valence-corrected chi connectivity index (χ0v) is 8.99. The molecule has 1 aromatic carbocycles. The maximum absolute atomic E-state index is 10.1. The van der Waals surface area contributed by atoms with Crippen molar-refractivity contribution in [2.24, 2.45) is 0 Å². The summed E-state index contributed by atoms with van der Waals surface area (Å²) in [7, 11) is 3.81. The van der Waals surface area contributed by atoms with Gasteiger partial charge in [0.05, 0.1) is 0 Å². The Kier molecular flexibility index (Phi) is 3.63. The van der Waals surface area contributed by atoms with Crippen LogP contribution in [0.4, 0.5) is 0 Å². The largest absolute Gasteiger partial charge is 0.384 e. The minimum Gasteiger partial charge on any atom is -0.384 e. The van der Waals surface area contributed by atoms with Crippen LogP contribution in [0.15, 0.2) is 30.3 Å². The van der Waals surface area contributed by atoms with Crippen LogP contribution < -0.4 is 5.43 Å². The van der Waals surface area contributed by atoms with E-state index in [0.717, 1.165) is 5.56 Å². The fourth-order valence-corrected chi connectivity index (χ4v) is 1.21. The fraction of sp³-hybridized carbons (Fsp3) is 0.455. The number of benzene rings is 1. The number of aliphatic hydroxyl groups is 1. The summed E-state index contributed by atoms with van der Waals surface area (Å²) in [4.78, 5) is 0. The Morgan fingerprint density at radius 2 is 1.86 bits per heavy atom. The van der Waals surface area contributed by atoms with Crippen LogP contribution in [-0.2, 0) is 5.60 Å². The average Bonchev–Trinajstić information content (AvgIpc) is 2.16. The van der Waals surface area contributed by atoms with E-state index >= 15 is 0 Å². The minimum absolute atomic E-state index is 0.504. The highest BCUT2D eigenvalue weighted by atomic mass is 16.3. The van der Waals surface area contributed by atoms with E-state index in [-0.39, 0.29) is 0 Å². The molecule has 1 unspecified atom stereocenters. The summed E-state index contributed by atoms with van der Waals surface area (Å²) >= 11 is 0. The molecule has 2 N–H and O–H groups in total. The van der Waals surface area contributed by atoms with Gasteiger partial charge in [-0.2, -0.15) is 0 Å². The van der Waals surface area contributed by atoms with Gasteiger partial charge in [-0.05, 0) is 12.5 Å². The molecule has 0 heterocycles. The average molecular weight is 194 g/mol. The first-order valence-electron chi connectivity index (χ1n) is 4.71. The molecule has 78 valence electrons. The Balaban J connectivity index is 2.66. The smallest absolute Gasteiger partial charge is 0.101 e. The predicted molar refractivity (Wildman–Crippen MR) is 57.7 cm³/mol. The number of nitrogens with zero attached hydrogens (tertiary/aromatic N) is 1. The molecule has 1 rings (SSSR count). The lowest BCUT2D eigenvalue weighted by Gasteiger charge is -2.26. The molecule has 0 saturated heterocycles. The molecule has 0 radical (unpaired) electrons. The van der Waals surface area contributed by atoms with Gasteiger partial charge in [0.25, 0.3) is 0 Å². The number of hydrogen-bond acceptors (Lipinski definition) is 3. The van der Waals surface area contributed by atoms with Crippen molar-refractivity contribution in [3.8, 4) is 0 Å². The zero-order chi connectivity index (χ0) is 10.6. The molecule has 0 spiro atoms. The Hall–Kier alpha value is -0.900. The van der Waals surface area contributed by atoms with Crippen molar-refractivity contribution in [1.82, 2.24) is 10.4 Å². The van der Waals surface area contributed by atoms with Gasteiger partial charge in [0, 0.05) is 20.6 Å². The summed E-state index contributed by atoms with van der Waals surface area (Å²) in [6, 6.07) is 9.66. The van der Waals surface area contributed by atoms with Crippen molar-refractivity contribution in [1.29, 1.82) is 0 Å². The van der Waals surface area contributed by atoms with E-state index in [1.165, 1.54) is 0 Å². The van der Waals surface area contributed by atoms with E-state index in [0.29, 0.717) is 6.54 Å². The molecule has 0 bridgehead atoms. The van der Waals surface area contributed by atoms with Gasteiger partial charge < -0.3 is 5.11 Å². The molecule has 0 aliphatic carbocycles. The molecule has 1 atom stereocenters. The second kappa shape index (κ2) is 4.55. The van der Waals surface area contributed by atoms with E-state index in [4.69, 9.17) is 0 Å². The van der Waals surface area contributed by atoms with Gasteiger partial charge in [0.2, 0.25) is 0 Å². The SMILES string of the molecule is CN(C)NCC(C)(O)c1ccccc1. The van der Waals surface area contributed by atoms with Crippen LogP contribution in [0.25, 0.3) is 0 Å². The number of hydrazine groups is 1. The van der Waals surface area contributed by atoms with Crippen LogP contribution >= 0.6 is 0 Å². The van der Waals surface area contributed by atoms with Crippen LogP contribution in [0.3, 0.4) is 0 Å². The van der Waals surface area contributed by atoms with E-state index in [2.05, 4.69) is 5.43 Å². The molecule has 0 amide bonds. The number of rotatable bonds is 4. The summed E-state index contributed by atoms with van der Waals surface area (Å²) in [5.41, 5.74) is 3.17. The first kappa shape index (κ1) is 11.2. The summed E-state index contributed by atoms with van der Waals surface area (Å²) in [5.74, 6) is 0. The minimum atomic E-state index is -0.828. The summed E-state index contributed by atoms with van der Waals surface area (Å²) in [6.45, 7) is 2.31. The van der Waals surface area contributed by atoms with Crippen molar-refractivity contribution in [2.75, 3.05) is 20.6 Å². The van der Waals surface area contributed by atoms with Crippen LogP contribution in [0.2, 0.25) is 0 Å². The monoisotopic (exact) mass is 194 g/mol. The Labute approximate surface area is 85.3 Å². The molecular weight excluding hydrogens is 176 g/mol. The third-order valence-electron chi connectivity index (χ3n) is 2.14. The molecule has 3 heteroatoms. The van der Waals surface area contributed by atoms with Crippen molar-refractivity contribution in [2.45, 2.75) is 12.5 Å². The van der Waals surface area contributed by atoms with Crippen molar-refractivity contribution < 1.29 is 5.11 Å². The number of hydrogen-bond donors (Lipinski definition) is 2. The molecule has 3 nitrogen and oxygen atoms in total. The van der Waals surface area contributed by atoms with Crippen molar-refractivity contribution in [3.63, 3.8) is 0 Å². The highest BCUT2D eigenvalue weighted by Gasteiger charge is 2.22. The van der Waals surface area contributed by atoms with E-state index in [1.54, 1.807) is 6.92 Å². The van der Waals surface area contributed by atoms with Crippen LogP contribution in [0.5, 0.6) is 0 Å². The third-order valence-corrected chi connectivity index (χ3v) is 2.14. The standard InChI is InChI=1S/C11H18N2O/c1-11(14,9-12-13(2)3)10-7-5-4-6-8-10/h4-8,12,14H,9H2,1-3H3. The van der Waals surface area contributed by atoms with E-state index in [1.807, 2.05) is 49.4 Å². The molecule has 0 aliphatic heterocycles. The molecular formula is C11H18N2O. The predicted octanol–water partition coefficient (Wildman–Crippen LogP) is 0.960. The van der Waals surface area contributed by atoms with Gasteiger partial charge in [-0.1, -0.05) is 30.3 Å². The Bertz CT molecular complexity index is 270. The quantitative estimate of drug-likeness (QED) is 0.701. The van der Waals surface area contributed by atoms with Gasteiger partial charge in [0.1, 0.15) is 5.60 Å². The Morgan fingerprint density at radius 3 is 2.36 bits per heavy atom. The van der Waals surface area contributed by atoms with Gasteiger partial charge in [-0.15, -0.1) is 0 Å². The molecule has 0 saturated carbocycles. The van der Waals surface area contributed by atoms with Crippen LogP contribution in [-0.4, -0.2) is 30.8 Å². The second-order valence-electron chi connectivity index (χ2n) is 3.87. The molecule has 1 aromatic rings. The summed E-state index contributed by atoms with van der Waals surface area (Å²) in [6.07, 6.45) is 0. The van der Waals surface area contributed by atoms with E-state index < -0.39 is 5.60 Å². The highest BCUT2D eigenvalue weighted by Crippen LogP contribution is 2.18. The summed E-state index contributed by atoms with van der Waals surface area (Å²) < 4.78 is 0. The molecule has 14 heavy (non-hydrogen) atoms. The first-order valence-corrected chi connectivity index (χ1v) is 4.71. The van der Waals surface area contributed by atoms with Gasteiger partial charge in [0.15, 0.2) is 0 Å².